The van der Waals surface area contributed by atoms with E-state index in [4.69, 9.17) is 24.7 Å². The van der Waals surface area contributed by atoms with Gasteiger partial charge in [-0.3, -0.25) is 10.1 Å². The summed E-state index contributed by atoms with van der Waals surface area (Å²) < 4.78 is 19.5. The highest BCUT2D eigenvalue weighted by atomic mass is 16.6. The molecule has 0 bridgehead atoms. The molecule has 10 nitrogen and oxygen atoms in total. The molecule has 0 heterocycles. The maximum Gasteiger partial charge on any atom is 0.342 e. The lowest BCUT2D eigenvalue weighted by Crippen LogP contribution is -2.08. The Morgan fingerprint density at radius 2 is 1.37 bits per heavy atom. The molecule has 30 heavy (non-hydrogen) atoms. The van der Waals surface area contributed by atoms with Crippen LogP contribution in [0.5, 0.6) is 11.5 Å². The number of hydrogen-bond donors (Lipinski definition) is 1. The van der Waals surface area contributed by atoms with Crippen molar-refractivity contribution in [1.82, 2.24) is 0 Å². The number of esters is 2. The molecule has 2 aromatic carbocycles. The molecule has 10 heteroatoms. The third-order valence-electron chi connectivity index (χ3n) is 3.64. The lowest BCUT2D eigenvalue weighted by atomic mass is 10.1. The summed E-state index contributed by atoms with van der Waals surface area (Å²) in [5.74, 6) is -0.767. The summed E-state index contributed by atoms with van der Waals surface area (Å²) in [4.78, 5) is 33.0. The summed E-state index contributed by atoms with van der Waals surface area (Å²) in [5.41, 5.74) is 6.22. The summed E-state index contributed by atoms with van der Waals surface area (Å²) in [6.07, 6.45) is 0. The second-order valence-electron chi connectivity index (χ2n) is 5.48. The predicted molar refractivity (Wildman–Crippen MR) is 109 cm³/mol. The molecule has 0 radical (unpaired) electrons. The Balaban J connectivity index is 0.000000303. The van der Waals surface area contributed by atoms with Gasteiger partial charge >= 0.3 is 17.6 Å². The number of benzene rings is 2. The number of para-hydroxylation sites is 2. The summed E-state index contributed by atoms with van der Waals surface area (Å²) in [5, 5.41) is 10.7. The molecule has 2 aromatic rings. The molecule has 0 saturated carbocycles. The fourth-order valence-electron chi connectivity index (χ4n) is 2.40. The van der Waals surface area contributed by atoms with Crippen LogP contribution in [0, 0.1) is 10.1 Å². The van der Waals surface area contributed by atoms with Gasteiger partial charge in [0.2, 0.25) is 5.75 Å². The number of rotatable bonds is 7. The van der Waals surface area contributed by atoms with Gasteiger partial charge in [-0.05, 0) is 32.0 Å². The van der Waals surface area contributed by atoms with Gasteiger partial charge in [-0.15, -0.1) is 0 Å². The summed E-state index contributed by atoms with van der Waals surface area (Å²) >= 11 is 0. The first-order valence-electron chi connectivity index (χ1n) is 8.90. The van der Waals surface area contributed by atoms with Crippen molar-refractivity contribution in [3.05, 3.63) is 57.6 Å². The average molecular weight is 420 g/mol. The monoisotopic (exact) mass is 420 g/mol. The Hall–Kier alpha value is -3.82. The molecule has 162 valence electrons. The average Bonchev–Trinajstić information content (AvgIpc) is 2.73. The number of nitrogens with two attached hydrogens (primary N) is 1. The number of carbonyl (C=O) groups excluding carboxylic acids is 2. The van der Waals surface area contributed by atoms with E-state index in [2.05, 4.69) is 0 Å². The fourth-order valence-corrected chi connectivity index (χ4v) is 2.40. The van der Waals surface area contributed by atoms with Crippen LogP contribution in [0.4, 0.5) is 11.4 Å². The van der Waals surface area contributed by atoms with Gasteiger partial charge in [0.05, 0.1) is 38.0 Å². The zero-order valence-corrected chi connectivity index (χ0v) is 17.2. The first-order valence-corrected chi connectivity index (χ1v) is 8.90. The van der Waals surface area contributed by atoms with E-state index in [1.54, 1.807) is 32.0 Å². The van der Waals surface area contributed by atoms with E-state index in [1.807, 2.05) is 0 Å². The van der Waals surface area contributed by atoms with Crippen molar-refractivity contribution in [2.45, 2.75) is 13.8 Å². The largest absolute Gasteiger partial charge is 0.494 e. The molecule has 0 unspecified atom stereocenters. The van der Waals surface area contributed by atoms with Gasteiger partial charge in [-0.25, -0.2) is 9.59 Å². The first kappa shape index (κ1) is 24.2. The lowest BCUT2D eigenvalue weighted by Gasteiger charge is -2.09. The van der Waals surface area contributed by atoms with Gasteiger partial charge < -0.3 is 24.7 Å². The minimum atomic E-state index is -0.636. The van der Waals surface area contributed by atoms with Crippen molar-refractivity contribution < 1.29 is 33.5 Å². The van der Waals surface area contributed by atoms with Crippen LogP contribution < -0.4 is 15.2 Å². The van der Waals surface area contributed by atoms with Crippen LogP contribution >= 0.6 is 0 Å². The fraction of sp³-hybridized carbons (Fsp3) is 0.300. The quantitative estimate of drug-likeness (QED) is 0.309. The van der Waals surface area contributed by atoms with Crippen LogP contribution in [-0.4, -0.2) is 44.3 Å². The van der Waals surface area contributed by atoms with Gasteiger partial charge in [0, 0.05) is 6.07 Å². The van der Waals surface area contributed by atoms with Crippen molar-refractivity contribution in [1.29, 1.82) is 0 Å². The summed E-state index contributed by atoms with van der Waals surface area (Å²) in [6.45, 7) is 3.93. The number of carbonyl (C=O) groups is 2. The van der Waals surface area contributed by atoms with E-state index in [0.29, 0.717) is 23.6 Å². The van der Waals surface area contributed by atoms with E-state index in [0.717, 1.165) is 0 Å². The molecule has 0 amide bonds. The molecule has 0 aliphatic carbocycles. The minimum absolute atomic E-state index is 0.0542. The topological polar surface area (TPSA) is 140 Å². The number of methoxy groups -OCH3 is 2. The van der Waals surface area contributed by atoms with Crippen molar-refractivity contribution in [2.24, 2.45) is 0 Å². The summed E-state index contributed by atoms with van der Waals surface area (Å²) in [6, 6.07) is 9.07. The molecule has 0 fully saturated rings. The Bertz CT molecular complexity index is 898. The van der Waals surface area contributed by atoms with Crippen molar-refractivity contribution in [3.63, 3.8) is 0 Å². The van der Waals surface area contributed by atoms with E-state index in [-0.39, 0.29) is 23.6 Å². The zero-order valence-electron chi connectivity index (χ0n) is 17.2. The van der Waals surface area contributed by atoms with Crippen molar-refractivity contribution >= 4 is 23.3 Å². The Kier molecular flexibility index (Phi) is 9.60. The van der Waals surface area contributed by atoms with Gasteiger partial charge in [0.25, 0.3) is 0 Å². The molecular formula is C20H24N2O8. The summed E-state index contributed by atoms with van der Waals surface area (Å²) in [7, 11) is 2.74. The highest BCUT2D eigenvalue weighted by Gasteiger charge is 2.23. The highest BCUT2D eigenvalue weighted by molar-refractivity contribution is 5.95. The zero-order chi connectivity index (χ0) is 22.7. The van der Waals surface area contributed by atoms with Gasteiger partial charge in [0.1, 0.15) is 11.1 Å². The number of nitro benzene ring substituents is 1. The number of hydrogen-bond acceptors (Lipinski definition) is 9. The molecule has 2 rings (SSSR count). The normalized spacial score (nSPS) is 9.60. The standard InChI is InChI=1S/C10H11NO5.C10H13NO3/c1-3-16-10(12)7-5-4-6-8(11(13)14)9(7)15-2;1-3-14-10(12)7-5-4-6-8(11)9(7)13-2/h4-6H,3H2,1-2H3;4-6H,3,11H2,1-2H3. The highest BCUT2D eigenvalue weighted by Crippen LogP contribution is 2.31. The second-order valence-corrected chi connectivity index (χ2v) is 5.48. The predicted octanol–water partition coefficient (Wildman–Crippen LogP) is 3.23. The van der Waals surface area contributed by atoms with Gasteiger partial charge in [-0.1, -0.05) is 12.1 Å². The molecule has 0 aliphatic rings. The van der Waals surface area contributed by atoms with Gasteiger partial charge in [-0.2, -0.15) is 0 Å². The van der Waals surface area contributed by atoms with E-state index < -0.39 is 16.9 Å². The number of nitro groups is 1. The number of anilines is 1. The SMILES string of the molecule is CCOC(=O)c1cccc(N)c1OC.CCOC(=O)c1cccc([N+](=O)[O-])c1OC. The number of ether oxygens (including phenoxy) is 4. The molecule has 0 aliphatic heterocycles. The number of nitrogen functional groups attached to an aromatic ring is 1. The second kappa shape index (κ2) is 11.9. The number of nitrogens with zero attached hydrogens (tertiary/aromatic N) is 1. The molecule has 0 spiro atoms. The molecule has 2 N–H and O–H groups in total. The maximum absolute atomic E-state index is 11.5. The van der Waals surface area contributed by atoms with Gasteiger partial charge in [0.15, 0.2) is 5.75 Å². The smallest absolute Gasteiger partial charge is 0.342 e. The Morgan fingerprint density at radius 1 is 0.900 bits per heavy atom. The Morgan fingerprint density at radius 3 is 1.80 bits per heavy atom. The van der Waals surface area contributed by atoms with Crippen LogP contribution in [0.25, 0.3) is 0 Å². The lowest BCUT2D eigenvalue weighted by molar-refractivity contribution is -0.385. The van der Waals surface area contributed by atoms with Crippen LogP contribution in [-0.2, 0) is 9.47 Å². The Labute approximate surface area is 173 Å². The molecular weight excluding hydrogens is 396 g/mol. The third-order valence-corrected chi connectivity index (χ3v) is 3.64. The van der Waals surface area contributed by atoms with Crippen molar-refractivity contribution in [2.75, 3.05) is 33.2 Å². The molecule has 0 saturated heterocycles. The van der Waals surface area contributed by atoms with E-state index in [9.17, 15) is 19.7 Å². The van der Waals surface area contributed by atoms with E-state index >= 15 is 0 Å². The van der Waals surface area contributed by atoms with Crippen LogP contribution in [0.3, 0.4) is 0 Å². The van der Waals surface area contributed by atoms with E-state index in [1.165, 1.54) is 32.4 Å². The van der Waals surface area contributed by atoms with Crippen LogP contribution in [0.2, 0.25) is 0 Å². The molecule has 0 aromatic heterocycles. The molecule has 0 atom stereocenters. The minimum Gasteiger partial charge on any atom is -0.494 e. The van der Waals surface area contributed by atoms with Crippen molar-refractivity contribution in [3.8, 4) is 11.5 Å². The van der Waals surface area contributed by atoms with Crippen LogP contribution in [0.15, 0.2) is 36.4 Å². The van der Waals surface area contributed by atoms with Crippen LogP contribution in [0.1, 0.15) is 34.6 Å². The third kappa shape index (κ3) is 6.09. The maximum atomic E-state index is 11.5. The first-order chi connectivity index (χ1) is 14.3.